The van der Waals surface area contributed by atoms with Crippen LogP contribution in [-0.2, 0) is 15.0 Å². The van der Waals surface area contributed by atoms with E-state index < -0.39 is 16.1 Å². The summed E-state index contributed by atoms with van der Waals surface area (Å²) >= 11 is 0. The van der Waals surface area contributed by atoms with E-state index in [4.69, 9.17) is 5.73 Å². The van der Waals surface area contributed by atoms with Crippen LogP contribution >= 0.6 is 0 Å². The van der Waals surface area contributed by atoms with Crippen LogP contribution in [0, 0.1) is 0 Å². The smallest absolute Gasteiger partial charge is 0.281 e. The van der Waals surface area contributed by atoms with Crippen molar-refractivity contribution in [1.29, 1.82) is 0 Å². The number of carbonyl (C=O) groups is 1. The van der Waals surface area contributed by atoms with Crippen LogP contribution < -0.4 is 11.1 Å². The molecular formula is C8H18N4O3S. The molecule has 8 heteroatoms. The largest absolute Gasteiger partial charge is 0.370 e. The van der Waals surface area contributed by atoms with Crippen molar-refractivity contribution in [2.24, 2.45) is 5.73 Å². The van der Waals surface area contributed by atoms with Crippen LogP contribution in [0.25, 0.3) is 0 Å². The highest BCUT2D eigenvalue weighted by Crippen LogP contribution is 2.09. The fourth-order valence-corrected chi connectivity index (χ4v) is 2.77. The zero-order valence-electron chi connectivity index (χ0n) is 9.51. The van der Waals surface area contributed by atoms with Gasteiger partial charge in [-0.1, -0.05) is 0 Å². The van der Waals surface area contributed by atoms with E-state index >= 15 is 0 Å². The van der Waals surface area contributed by atoms with Crippen molar-refractivity contribution in [1.82, 2.24) is 13.9 Å². The third-order valence-electron chi connectivity index (χ3n) is 2.45. The molecule has 0 aromatic heterocycles. The molecule has 0 bridgehead atoms. The molecule has 0 aromatic carbocycles. The fourth-order valence-electron chi connectivity index (χ4n) is 1.62. The first-order chi connectivity index (χ1) is 7.34. The average molecular weight is 250 g/mol. The molecule has 0 radical (unpaired) electrons. The summed E-state index contributed by atoms with van der Waals surface area (Å²) in [5.74, 6) is -0.429. The molecule has 7 nitrogen and oxygen atoms in total. The van der Waals surface area contributed by atoms with Crippen molar-refractivity contribution < 1.29 is 13.2 Å². The summed E-state index contributed by atoms with van der Waals surface area (Å²) in [5.41, 5.74) is 5.08. The van der Waals surface area contributed by atoms with Crippen LogP contribution in [0.5, 0.6) is 0 Å². The van der Waals surface area contributed by atoms with Gasteiger partial charge < -0.3 is 11.1 Å². The maximum Gasteiger partial charge on any atom is 0.281 e. The predicted molar refractivity (Wildman–Crippen MR) is 59.8 cm³/mol. The number of nitrogens with one attached hydrogen (secondary N) is 1. The highest BCUT2D eigenvalue weighted by Gasteiger charge is 2.30. The molecular weight excluding hydrogens is 232 g/mol. The number of carbonyl (C=O) groups excluding carboxylic acids is 1. The number of hydrogen-bond acceptors (Lipinski definition) is 4. The number of nitrogens with two attached hydrogens (primary N) is 1. The normalized spacial score (nSPS) is 23.6. The summed E-state index contributed by atoms with van der Waals surface area (Å²) in [7, 11) is -0.421. The third-order valence-corrected chi connectivity index (χ3v) is 4.36. The van der Waals surface area contributed by atoms with E-state index in [-0.39, 0.29) is 19.0 Å². The van der Waals surface area contributed by atoms with Crippen molar-refractivity contribution in [2.45, 2.75) is 12.5 Å². The molecule has 1 aliphatic heterocycles. The number of primary amides is 1. The lowest BCUT2D eigenvalue weighted by Gasteiger charge is -2.33. The zero-order valence-corrected chi connectivity index (χ0v) is 10.3. The molecule has 94 valence electrons. The van der Waals surface area contributed by atoms with E-state index in [1.54, 1.807) is 0 Å². The lowest BCUT2D eigenvalue weighted by atomic mass is 10.1. The van der Waals surface area contributed by atoms with Gasteiger partial charge in [0, 0.05) is 46.2 Å². The minimum Gasteiger partial charge on any atom is -0.370 e. The number of piperazine rings is 1. The van der Waals surface area contributed by atoms with Gasteiger partial charge in [-0.05, 0) is 0 Å². The maximum absolute atomic E-state index is 11.8. The van der Waals surface area contributed by atoms with Gasteiger partial charge in [-0.25, -0.2) is 0 Å². The van der Waals surface area contributed by atoms with Crippen molar-refractivity contribution in [3.05, 3.63) is 0 Å². The lowest BCUT2D eigenvalue weighted by molar-refractivity contribution is -0.118. The Morgan fingerprint density at radius 1 is 1.56 bits per heavy atom. The summed E-state index contributed by atoms with van der Waals surface area (Å²) in [6.07, 6.45) is 0.152. The minimum atomic E-state index is -3.39. The van der Waals surface area contributed by atoms with Crippen molar-refractivity contribution in [3.63, 3.8) is 0 Å². The van der Waals surface area contributed by atoms with Gasteiger partial charge in [-0.3, -0.25) is 4.79 Å². The van der Waals surface area contributed by atoms with Crippen LogP contribution in [0.4, 0.5) is 0 Å². The van der Waals surface area contributed by atoms with Gasteiger partial charge in [0.1, 0.15) is 0 Å². The second-order valence-corrected chi connectivity index (χ2v) is 6.11. The third kappa shape index (κ3) is 3.14. The highest BCUT2D eigenvalue weighted by molar-refractivity contribution is 7.86. The first-order valence-corrected chi connectivity index (χ1v) is 6.43. The Labute approximate surface area is 95.8 Å². The molecule has 16 heavy (non-hydrogen) atoms. The molecule has 1 unspecified atom stereocenters. The Hall–Kier alpha value is -0.700. The SMILES string of the molecule is CN(C)S(=O)(=O)N1CCNC(CC(N)=O)C1. The van der Waals surface area contributed by atoms with Gasteiger partial charge >= 0.3 is 0 Å². The summed E-state index contributed by atoms with van der Waals surface area (Å²) in [4.78, 5) is 10.8. The summed E-state index contributed by atoms with van der Waals surface area (Å²) in [5, 5.41) is 3.07. The van der Waals surface area contributed by atoms with Crippen LogP contribution in [0.2, 0.25) is 0 Å². The zero-order chi connectivity index (χ0) is 12.3. The van der Waals surface area contributed by atoms with E-state index in [1.165, 1.54) is 22.7 Å². The van der Waals surface area contributed by atoms with E-state index in [2.05, 4.69) is 5.32 Å². The van der Waals surface area contributed by atoms with E-state index in [0.717, 1.165) is 0 Å². The Kier molecular flexibility index (Phi) is 4.25. The van der Waals surface area contributed by atoms with Crippen molar-refractivity contribution in [2.75, 3.05) is 33.7 Å². The van der Waals surface area contributed by atoms with Crippen LogP contribution in [0.3, 0.4) is 0 Å². The molecule has 1 saturated heterocycles. The molecule has 1 amide bonds. The number of amides is 1. The van der Waals surface area contributed by atoms with Crippen LogP contribution in [0.1, 0.15) is 6.42 Å². The second kappa shape index (κ2) is 5.09. The Morgan fingerprint density at radius 3 is 2.69 bits per heavy atom. The molecule has 1 heterocycles. The predicted octanol–water partition coefficient (Wildman–Crippen LogP) is -2.06. The van der Waals surface area contributed by atoms with E-state index in [0.29, 0.717) is 13.1 Å². The highest BCUT2D eigenvalue weighted by atomic mass is 32.2. The summed E-state index contributed by atoms with van der Waals surface area (Å²) in [6.45, 7) is 1.23. The van der Waals surface area contributed by atoms with Gasteiger partial charge in [0.05, 0.1) is 0 Å². The standard InChI is InChI=1S/C8H18N4O3S/c1-11(2)16(14,15)12-4-3-10-7(6-12)5-8(9)13/h7,10H,3-6H2,1-2H3,(H2,9,13). The summed E-state index contributed by atoms with van der Waals surface area (Å²) in [6, 6.07) is -0.194. The van der Waals surface area contributed by atoms with E-state index in [1.807, 2.05) is 0 Å². The number of hydrogen-bond donors (Lipinski definition) is 2. The maximum atomic E-state index is 11.8. The van der Waals surface area contributed by atoms with E-state index in [9.17, 15) is 13.2 Å². The second-order valence-electron chi connectivity index (χ2n) is 3.97. The van der Waals surface area contributed by atoms with Gasteiger partial charge in [0.25, 0.3) is 10.2 Å². The molecule has 1 rings (SSSR count). The molecule has 1 fully saturated rings. The molecule has 3 N–H and O–H groups in total. The molecule has 0 aromatic rings. The monoisotopic (exact) mass is 250 g/mol. The van der Waals surface area contributed by atoms with Crippen molar-refractivity contribution in [3.8, 4) is 0 Å². The van der Waals surface area contributed by atoms with Crippen LogP contribution in [-0.4, -0.2) is 62.7 Å². The Bertz CT molecular complexity index is 354. The van der Waals surface area contributed by atoms with Gasteiger partial charge in [-0.2, -0.15) is 17.0 Å². The lowest BCUT2D eigenvalue weighted by Crippen LogP contribution is -2.55. The van der Waals surface area contributed by atoms with Crippen molar-refractivity contribution >= 4 is 16.1 Å². The molecule has 0 saturated carbocycles. The molecule has 0 spiro atoms. The minimum absolute atomic E-state index is 0.152. The Morgan fingerprint density at radius 2 is 2.19 bits per heavy atom. The summed E-state index contributed by atoms with van der Waals surface area (Å²) < 4.78 is 26.2. The first kappa shape index (κ1) is 13.4. The van der Waals surface area contributed by atoms with Crippen LogP contribution in [0.15, 0.2) is 0 Å². The van der Waals surface area contributed by atoms with Gasteiger partial charge in [0.15, 0.2) is 0 Å². The van der Waals surface area contributed by atoms with Gasteiger partial charge in [0.2, 0.25) is 5.91 Å². The molecule has 1 atom stereocenters. The average Bonchev–Trinajstić information content (AvgIpc) is 2.16. The Balaban J connectivity index is 2.67. The fraction of sp³-hybridized carbons (Fsp3) is 0.875. The molecule has 0 aliphatic carbocycles. The topological polar surface area (TPSA) is 95.7 Å². The van der Waals surface area contributed by atoms with Gasteiger partial charge in [-0.15, -0.1) is 0 Å². The number of nitrogens with zero attached hydrogens (tertiary/aromatic N) is 2. The number of rotatable bonds is 4. The molecule has 1 aliphatic rings. The quantitative estimate of drug-likeness (QED) is 0.600. The first-order valence-electron chi connectivity index (χ1n) is 5.03.